The Morgan fingerprint density at radius 1 is 1.27 bits per heavy atom. The standard InChI is InChI=1S/C18H18ClF3N2O2/c1-11(13-5-3-4-6-16(13)26-2)23-10-17(25)24-15-9-12(18(20,21)22)7-8-14(15)19/h3-9,11,23H,10H2,1-2H3,(H,24,25)/p+1/t11-/m1/s1. The highest BCUT2D eigenvalue weighted by Gasteiger charge is 2.31. The fourth-order valence-electron chi connectivity index (χ4n) is 2.45. The van der Waals surface area contributed by atoms with Crippen LogP contribution >= 0.6 is 11.6 Å². The fourth-order valence-corrected chi connectivity index (χ4v) is 2.62. The monoisotopic (exact) mass is 387 g/mol. The van der Waals surface area contributed by atoms with Crippen LogP contribution in [0, 0.1) is 0 Å². The first-order chi connectivity index (χ1) is 12.2. The molecule has 0 spiro atoms. The predicted octanol–water partition coefficient (Wildman–Crippen LogP) is 3.63. The Bertz CT molecular complexity index is 781. The largest absolute Gasteiger partial charge is 0.496 e. The molecule has 26 heavy (non-hydrogen) atoms. The molecule has 0 unspecified atom stereocenters. The summed E-state index contributed by atoms with van der Waals surface area (Å²) in [6.45, 7) is 1.92. The minimum Gasteiger partial charge on any atom is -0.496 e. The molecule has 2 aromatic rings. The first kappa shape index (κ1) is 20.1. The average Bonchev–Trinajstić information content (AvgIpc) is 2.60. The molecular weight excluding hydrogens is 369 g/mol. The number of quaternary nitrogens is 1. The lowest BCUT2D eigenvalue weighted by Gasteiger charge is -2.15. The van der Waals surface area contributed by atoms with E-state index in [1.807, 2.05) is 31.2 Å². The number of anilines is 1. The van der Waals surface area contributed by atoms with Crippen molar-refractivity contribution in [3.63, 3.8) is 0 Å². The number of carbonyl (C=O) groups excluding carboxylic acids is 1. The molecule has 0 heterocycles. The van der Waals surface area contributed by atoms with E-state index in [-0.39, 0.29) is 23.3 Å². The molecule has 0 bridgehead atoms. The van der Waals surface area contributed by atoms with Crippen molar-refractivity contribution in [3.8, 4) is 5.75 Å². The molecule has 0 aliphatic rings. The second kappa shape index (κ2) is 8.42. The lowest BCUT2D eigenvalue weighted by atomic mass is 10.1. The van der Waals surface area contributed by atoms with Gasteiger partial charge in [0, 0.05) is 0 Å². The van der Waals surface area contributed by atoms with Crippen LogP contribution in [0.15, 0.2) is 42.5 Å². The number of hydrogen-bond donors (Lipinski definition) is 2. The number of ether oxygens (including phenoxy) is 1. The molecule has 1 amide bonds. The Labute approximate surface area is 154 Å². The number of alkyl halides is 3. The van der Waals surface area contributed by atoms with E-state index in [2.05, 4.69) is 5.32 Å². The Morgan fingerprint density at radius 2 is 1.96 bits per heavy atom. The molecular formula is C18H19ClF3N2O2+. The first-order valence-electron chi connectivity index (χ1n) is 7.85. The summed E-state index contributed by atoms with van der Waals surface area (Å²) in [5.74, 6) is 0.255. The Kier molecular flexibility index (Phi) is 6.50. The van der Waals surface area contributed by atoms with Crippen LogP contribution in [0.4, 0.5) is 18.9 Å². The van der Waals surface area contributed by atoms with Crippen molar-refractivity contribution >= 4 is 23.2 Å². The number of methoxy groups -OCH3 is 1. The van der Waals surface area contributed by atoms with Gasteiger partial charge in [0.2, 0.25) is 0 Å². The molecule has 3 N–H and O–H groups in total. The lowest BCUT2D eigenvalue weighted by Crippen LogP contribution is -2.86. The highest BCUT2D eigenvalue weighted by molar-refractivity contribution is 6.33. The number of hydrogen-bond acceptors (Lipinski definition) is 2. The zero-order chi connectivity index (χ0) is 19.3. The van der Waals surface area contributed by atoms with E-state index in [0.29, 0.717) is 5.75 Å². The van der Waals surface area contributed by atoms with Crippen molar-refractivity contribution in [1.82, 2.24) is 0 Å². The number of nitrogens with one attached hydrogen (secondary N) is 1. The Morgan fingerprint density at radius 3 is 2.62 bits per heavy atom. The number of halogens is 4. The molecule has 0 aliphatic heterocycles. The Hall–Kier alpha value is -2.25. The molecule has 0 fully saturated rings. The van der Waals surface area contributed by atoms with Crippen LogP contribution in [0.3, 0.4) is 0 Å². The number of rotatable bonds is 6. The topological polar surface area (TPSA) is 54.9 Å². The minimum atomic E-state index is -4.51. The number of nitrogens with two attached hydrogens (primary N) is 1. The van der Waals surface area contributed by atoms with Gasteiger partial charge < -0.3 is 15.4 Å². The summed E-state index contributed by atoms with van der Waals surface area (Å²) in [6, 6.07) is 10.2. The van der Waals surface area contributed by atoms with Gasteiger partial charge in [0.05, 0.1) is 28.9 Å². The third-order valence-corrected chi connectivity index (χ3v) is 4.18. The summed E-state index contributed by atoms with van der Waals surface area (Å²) in [6.07, 6.45) is -4.51. The third kappa shape index (κ3) is 5.12. The van der Waals surface area contributed by atoms with Crippen molar-refractivity contribution in [2.24, 2.45) is 0 Å². The summed E-state index contributed by atoms with van der Waals surface area (Å²) >= 11 is 5.88. The third-order valence-electron chi connectivity index (χ3n) is 3.85. The van der Waals surface area contributed by atoms with Gasteiger partial charge in [0.15, 0.2) is 6.54 Å². The van der Waals surface area contributed by atoms with Gasteiger partial charge in [-0.05, 0) is 37.3 Å². The zero-order valence-electron chi connectivity index (χ0n) is 14.2. The minimum absolute atomic E-state index is 0.0196. The summed E-state index contributed by atoms with van der Waals surface area (Å²) in [5.41, 5.74) is -0.0201. The highest BCUT2D eigenvalue weighted by atomic mass is 35.5. The maximum Gasteiger partial charge on any atom is 0.416 e. The van der Waals surface area contributed by atoms with Gasteiger partial charge in [-0.15, -0.1) is 0 Å². The van der Waals surface area contributed by atoms with E-state index >= 15 is 0 Å². The first-order valence-corrected chi connectivity index (χ1v) is 8.23. The van der Waals surface area contributed by atoms with Crippen LogP contribution in [0.25, 0.3) is 0 Å². The van der Waals surface area contributed by atoms with E-state index in [0.717, 1.165) is 23.8 Å². The van der Waals surface area contributed by atoms with Gasteiger partial charge >= 0.3 is 6.18 Å². The molecule has 1 atom stereocenters. The second-order valence-corrected chi connectivity index (χ2v) is 6.12. The van der Waals surface area contributed by atoms with Crippen LogP contribution in [0.2, 0.25) is 5.02 Å². The van der Waals surface area contributed by atoms with Gasteiger partial charge in [-0.3, -0.25) is 4.79 Å². The van der Waals surface area contributed by atoms with Crippen molar-refractivity contribution < 1.29 is 28.0 Å². The molecule has 0 radical (unpaired) electrons. The summed E-state index contributed by atoms with van der Waals surface area (Å²) < 4.78 is 43.6. The van der Waals surface area contributed by atoms with Crippen LogP contribution in [-0.2, 0) is 11.0 Å². The van der Waals surface area contributed by atoms with Crippen molar-refractivity contribution in [2.45, 2.75) is 19.1 Å². The normalized spacial score (nSPS) is 12.5. The number of para-hydroxylation sites is 1. The summed E-state index contributed by atoms with van der Waals surface area (Å²) in [5, 5.41) is 4.23. The van der Waals surface area contributed by atoms with E-state index in [4.69, 9.17) is 16.3 Å². The quantitative estimate of drug-likeness (QED) is 0.795. The van der Waals surface area contributed by atoms with Crippen LogP contribution < -0.4 is 15.4 Å². The van der Waals surface area contributed by atoms with Gasteiger partial charge in [-0.25, -0.2) is 0 Å². The van der Waals surface area contributed by atoms with E-state index in [9.17, 15) is 18.0 Å². The average molecular weight is 388 g/mol. The van der Waals surface area contributed by atoms with Crippen LogP contribution in [0.1, 0.15) is 24.1 Å². The zero-order valence-corrected chi connectivity index (χ0v) is 15.0. The summed E-state index contributed by atoms with van der Waals surface area (Å²) in [7, 11) is 1.56. The van der Waals surface area contributed by atoms with Gasteiger partial charge in [0.25, 0.3) is 5.91 Å². The number of carbonyl (C=O) groups is 1. The summed E-state index contributed by atoms with van der Waals surface area (Å²) in [4.78, 5) is 12.1. The Balaban J connectivity index is 2.01. The van der Waals surface area contributed by atoms with Crippen molar-refractivity contribution in [3.05, 3.63) is 58.6 Å². The SMILES string of the molecule is COc1ccccc1[C@@H](C)[NH2+]CC(=O)Nc1cc(C(F)(F)F)ccc1Cl. The van der Waals surface area contributed by atoms with E-state index in [1.165, 1.54) is 0 Å². The molecule has 8 heteroatoms. The van der Waals surface area contributed by atoms with Crippen LogP contribution in [-0.4, -0.2) is 19.6 Å². The number of benzene rings is 2. The molecule has 0 saturated heterocycles. The van der Waals surface area contributed by atoms with Crippen molar-refractivity contribution in [1.29, 1.82) is 0 Å². The lowest BCUT2D eigenvalue weighted by molar-refractivity contribution is -0.682. The molecule has 0 aromatic heterocycles. The molecule has 2 rings (SSSR count). The van der Waals surface area contributed by atoms with Gasteiger partial charge in [-0.1, -0.05) is 23.7 Å². The number of amides is 1. The van der Waals surface area contributed by atoms with E-state index in [1.54, 1.807) is 12.4 Å². The predicted molar refractivity (Wildman–Crippen MR) is 93.3 cm³/mol. The van der Waals surface area contributed by atoms with Gasteiger partial charge in [0.1, 0.15) is 11.8 Å². The smallest absolute Gasteiger partial charge is 0.416 e. The maximum absolute atomic E-state index is 12.8. The van der Waals surface area contributed by atoms with Crippen molar-refractivity contribution in [2.75, 3.05) is 19.0 Å². The van der Waals surface area contributed by atoms with E-state index < -0.39 is 17.6 Å². The van der Waals surface area contributed by atoms with Gasteiger partial charge in [-0.2, -0.15) is 13.2 Å². The molecule has 0 aliphatic carbocycles. The molecule has 0 saturated carbocycles. The second-order valence-electron chi connectivity index (χ2n) is 5.71. The fraction of sp³-hybridized carbons (Fsp3) is 0.278. The highest BCUT2D eigenvalue weighted by Crippen LogP contribution is 2.33. The molecule has 4 nitrogen and oxygen atoms in total. The molecule has 2 aromatic carbocycles. The molecule has 140 valence electrons. The van der Waals surface area contributed by atoms with Crippen LogP contribution in [0.5, 0.6) is 5.75 Å². The maximum atomic E-state index is 12.8.